The highest BCUT2D eigenvalue weighted by Gasteiger charge is 2.26. The first-order chi connectivity index (χ1) is 10.3. The van der Waals surface area contributed by atoms with Gasteiger partial charge in [0, 0.05) is 12.0 Å². The summed E-state index contributed by atoms with van der Waals surface area (Å²) >= 11 is 0. The second-order valence-corrected chi connectivity index (χ2v) is 5.15. The largest absolute Gasteiger partial charge is 0.305 e. The molecule has 0 saturated heterocycles. The molecule has 1 fully saturated rings. The van der Waals surface area contributed by atoms with Crippen molar-refractivity contribution in [1.29, 1.82) is 0 Å². The molecule has 3 aromatic rings. The van der Waals surface area contributed by atoms with E-state index < -0.39 is 0 Å². The van der Waals surface area contributed by atoms with Gasteiger partial charge in [0.2, 0.25) is 0 Å². The van der Waals surface area contributed by atoms with Crippen LogP contribution in [0.3, 0.4) is 0 Å². The fourth-order valence-corrected chi connectivity index (χ4v) is 2.24. The predicted molar refractivity (Wildman–Crippen MR) is 77.2 cm³/mol. The maximum Gasteiger partial charge on any atom is 0.251 e. The van der Waals surface area contributed by atoms with Crippen LogP contribution in [0, 0.1) is 0 Å². The Bertz CT molecular complexity index is 833. The number of nitrogens with one attached hydrogen (secondary N) is 1. The third kappa shape index (κ3) is 2.35. The number of benzene rings is 1. The number of rotatable bonds is 3. The highest BCUT2D eigenvalue weighted by molar-refractivity contribution is 5.47. The lowest BCUT2D eigenvalue weighted by molar-refractivity contribution is 0.752. The van der Waals surface area contributed by atoms with Crippen molar-refractivity contribution in [2.75, 3.05) is 0 Å². The fourth-order valence-electron chi connectivity index (χ4n) is 2.24. The molecule has 1 aromatic carbocycles. The van der Waals surface area contributed by atoms with E-state index >= 15 is 0 Å². The number of aromatic nitrogens is 5. The lowest BCUT2D eigenvalue weighted by Gasteiger charge is -2.00. The molecule has 0 bridgehead atoms. The van der Waals surface area contributed by atoms with Gasteiger partial charge in [-0.15, -0.1) is 5.10 Å². The number of H-pyrrole nitrogens is 1. The lowest BCUT2D eigenvalue weighted by atomic mass is 10.3. The van der Waals surface area contributed by atoms with Crippen molar-refractivity contribution >= 4 is 0 Å². The van der Waals surface area contributed by atoms with Gasteiger partial charge in [0.1, 0.15) is 5.69 Å². The van der Waals surface area contributed by atoms with Crippen LogP contribution in [-0.2, 0) is 0 Å². The van der Waals surface area contributed by atoms with Crippen LogP contribution in [0.5, 0.6) is 0 Å². The van der Waals surface area contributed by atoms with E-state index in [9.17, 15) is 4.79 Å². The van der Waals surface area contributed by atoms with Crippen molar-refractivity contribution in [2.45, 2.75) is 18.8 Å². The van der Waals surface area contributed by atoms with Crippen molar-refractivity contribution in [1.82, 2.24) is 25.0 Å². The summed E-state index contributed by atoms with van der Waals surface area (Å²) in [4.78, 5) is 20.5. The molecular formula is C15H13N5O. The van der Waals surface area contributed by atoms with Crippen LogP contribution in [0.1, 0.15) is 24.5 Å². The molecule has 0 amide bonds. The van der Waals surface area contributed by atoms with Crippen LogP contribution >= 0.6 is 0 Å². The Labute approximate surface area is 120 Å². The Morgan fingerprint density at radius 3 is 2.76 bits per heavy atom. The normalized spacial score (nSPS) is 14.3. The molecule has 1 saturated carbocycles. The summed E-state index contributed by atoms with van der Waals surface area (Å²) in [5.41, 5.74) is 2.14. The van der Waals surface area contributed by atoms with E-state index in [1.165, 1.54) is 4.80 Å². The zero-order valence-corrected chi connectivity index (χ0v) is 11.2. The molecule has 21 heavy (non-hydrogen) atoms. The zero-order valence-electron chi connectivity index (χ0n) is 11.2. The minimum absolute atomic E-state index is 0.142. The molecule has 1 aliphatic carbocycles. The minimum Gasteiger partial charge on any atom is -0.305 e. The Morgan fingerprint density at radius 1 is 1.19 bits per heavy atom. The van der Waals surface area contributed by atoms with Crippen LogP contribution in [0.25, 0.3) is 17.2 Å². The van der Waals surface area contributed by atoms with Gasteiger partial charge in [-0.2, -0.15) is 9.90 Å². The SMILES string of the molecule is O=c1cc(C2CC2)nc(-c2cnn(-c3ccccc3)n2)[nH]1. The molecule has 1 N–H and O–H groups in total. The molecule has 2 aromatic heterocycles. The van der Waals surface area contributed by atoms with Gasteiger partial charge in [-0.05, 0) is 25.0 Å². The van der Waals surface area contributed by atoms with Crippen LogP contribution in [-0.4, -0.2) is 25.0 Å². The number of aromatic amines is 1. The molecule has 4 rings (SSSR count). The van der Waals surface area contributed by atoms with Gasteiger partial charge in [0.25, 0.3) is 5.56 Å². The van der Waals surface area contributed by atoms with Gasteiger partial charge in [-0.1, -0.05) is 18.2 Å². The summed E-state index contributed by atoms with van der Waals surface area (Å²) in [6, 6.07) is 11.2. The van der Waals surface area contributed by atoms with E-state index in [0.29, 0.717) is 17.4 Å². The summed E-state index contributed by atoms with van der Waals surface area (Å²) in [7, 11) is 0. The summed E-state index contributed by atoms with van der Waals surface area (Å²) in [5.74, 6) is 0.904. The van der Waals surface area contributed by atoms with E-state index in [1.54, 1.807) is 12.3 Å². The number of hydrogen-bond acceptors (Lipinski definition) is 4. The topological polar surface area (TPSA) is 76.5 Å². The van der Waals surface area contributed by atoms with Gasteiger partial charge in [-0.25, -0.2) is 4.98 Å². The predicted octanol–water partition coefficient (Wildman–Crippen LogP) is 1.89. The van der Waals surface area contributed by atoms with Gasteiger partial charge >= 0.3 is 0 Å². The van der Waals surface area contributed by atoms with Crippen molar-refractivity contribution < 1.29 is 0 Å². The average molecular weight is 279 g/mol. The fraction of sp³-hybridized carbons (Fsp3) is 0.200. The Hall–Kier alpha value is -2.76. The molecule has 0 aliphatic heterocycles. The summed E-state index contributed by atoms with van der Waals surface area (Å²) in [6.45, 7) is 0. The molecule has 104 valence electrons. The molecular weight excluding hydrogens is 266 g/mol. The van der Waals surface area contributed by atoms with E-state index in [2.05, 4.69) is 20.2 Å². The maximum atomic E-state index is 11.7. The van der Waals surface area contributed by atoms with Gasteiger partial charge in [0.15, 0.2) is 5.82 Å². The van der Waals surface area contributed by atoms with Gasteiger partial charge < -0.3 is 4.98 Å². The van der Waals surface area contributed by atoms with Crippen molar-refractivity contribution in [2.24, 2.45) is 0 Å². The second kappa shape index (κ2) is 4.66. The molecule has 1 aliphatic rings. The highest BCUT2D eigenvalue weighted by atomic mass is 16.1. The van der Waals surface area contributed by atoms with Gasteiger partial charge in [0.05, 0.1) is 17.6 Å². The summed E-state index contributed by atoms with van der Waals surface area (Å²) in [6.07, 6.45) is 3.82. The van der Waals surface area contributed by atoms with Crippen LogP contribution in [0.4, 0.5) is 0 Å². The second-order valence-electron chi connectivity index (χ2n) is 5.15. The van der Waals surface area contributed by atoms with Crippen molar-refractivity contribution in [3.8, 4) is 17.2 Å². The lowest BCUT2D eigenvalue weighted by Crippen LogP contribution is -2.10. The first-order valence-corrected chi connectivity index (χ1v) is 6.89. The third-order valence-electron chi connectivity index (χ3n) is 3.48. The molecule has 0 atom stereocenters. The smallest absolute Gasteiger partial charge is 0.251 e. The van der Waals surface area contributed by atoms with Crippen LogP contribution in [0.15, 0.2) is 47.4 Å². The number of hydrogen-bond donors (Lipinski definition) is 1. The molecule has 2 heterocycles. The maximum absolute atomic E-state index is 11.7. The average Bonchev–Trinajstić information content (AvgIpc) is 3.24. The van der Waals surface area contributed by atoms with E-state index in [1.807, 2.05) is 30.3 Å². The monoisotopic (exact) mass is 279 g/mol. The molecule has 0 unspecified atom stereocenters. The Kier molecular flexibility index (Phi) is 2.67. The first kappa shape index (κ1) is 12.0. The van der Waals surface area contributed by atoms with E-state index in [4.69, 9.17) is 0 Å². The number of nitrogens with zero attached hydrogens (tertiary/aromatic N) is 4. The van der Waals surface area contributed by atoms with E-state index in [0.717, 1.165) is 24.2 Å². The summed E-state index contributed by atoms with van der Waals surface area (Å²) in [5, 5.41) is 8.61. The van der Waals surface area contributed by atoms with Gasteiger partial charge in [-0.3, -0.25) is 4.79 Å². The molecule has 0 radical (unpaired) electrons. The quantitative estimate of drug-likeness (QED) is 0.794. The van der Waals surface area contributed by atoms with E-state index in [-0.39, 0.29) is 5.56 Å². The highest BCUT2D eigenvalue weighted by Crippen LogP contribution is 2.38. The van der Waals surface area contributed by atoms with Crippen molar-refractivity contribution in [3.63, 3.8) is 0 Å². The zero-order chi connectivity index (χ0) is 14.2. The third-order valence-corrected chi connectivity index (χ3v) is 3.48. The molecule has 6 heteroatoms. The Morgan fingerprint density at radius 2 is 2.00 bits per heavy atom. The molecule has 0 spiro atoms. The van der Waals surface area contributed by atoms with Crippen LogP contribution in [0.2, 0.25) is 0 Å². The minimum atomic E-state index is -0.142. The first-order valence-electron chi connectivity index (χ1n) is 6.89. The number of para-hydroxylation sites is 1. The van der Waals surface area contributed by atoms with Crippen LogP contribution < -0.4 is 5.56 Å². The Balaban J connectivity index is 1.74. The molecule has 6 nitrogen and oxygen atoms in total. The standard InChI is InChI=1S/C15H13N5O/c21-14-8-12(10-6-7-10)17-15(18-14)13-9-16-20(19-13)11-4-2-1-3-5-11/h1-5,8-10H,6-7H2,(H,17,18,21). The van der Waals surface area contributed by atoms with Crippen molar-refractivity contribution in [3.05, 3.63) is 58.6 Å². The summed E-state index contributed by atoms with van der Waals surface area (Å²) < 4.78 is 0.